The van der Waals surface area contributed by atoms with Crippen molar-refractivity contribution in [3.63, 3.8) is 0 Å². The van der Waals surface area contributed by atoms with Crippen LogP contribution in [-0.2, 0) is 4.74 Å². The van der Waals surface area contributed by atoms with Gasteiger partial charge < -0.3 is 20.1 Å². The molecule has 0 aliphatic carbocycles. The zero-order valence-electron chi connectivity index (χ0n) is 9.04. The minimum Gasteiger partial charge on any atom is -0.394 e. The van der Waals surface area contributed by atoms with Gasteiger partial charge in [-0.2, -0.15) is 0 Å². The lowest BCUT2D eigenvalue weighted by Crippen LogP contribution is -2.60. The van der Waals surface area contributed by atoms with Gasteiger partial charge >= 0.3 is 0 Å². The van der Waals surface area contributed by atoms with Gasteiger partial charge in [-0.05, 0) is 6.54 Å². The molecule has 0 bridgehead atoms. The third kappa shape index (κ3) is 2.21. The number of ether oxygens (including phenoxy) is 1. The molecule has 2 aliphatic heterocycles. The fraction of sp³-hybridized carbons (Fsp3) is 1.00. The van der Waals surface area contributed by atoms with Gasteiger partial charge in [0.2, 0.25) is 0 Å². The van der Waals surface area contributed by atoms with Crippen molar-refractivity contribution in [1.82, 2.24) is 10.6 Å². The van der Waals surface area contributed by atoms with Gasteiger partial charge in [0.1, 0.15) is 29.2 Å². The van der Waals surface area contributed by atoms with E-state index in [0.29, 0.717) is 0 Å². The molecule has 2 saturated heterocycles. The molecule has 0 amide bonds. The molecule has 7 heteroatoms. The number of nitrogens with one attached hydrogen (secondary N) is 2. The van der Waals surface area contributed by atoms with E-state index >= 15 is 0 Å². The summed E-state index contributed by atoms with van der Waals surface area (Å²) in [5.41, 5.74) is -0.223. The SMILES string of the molecule is CCNC1N[C@@H]2[C@@H](O)[C@H](O)[C@@H](CO)O[C@@H]2S1. The van der Waals surface area contributed by atoms with Gasteiger partial charge in [-0.1, -0.05) is 18.7 Å². The first-order valence-corrected chi connectivity index (χ1v) is 6.39. The summed E-state index contributed by atoms with van der Waals surface area (Å²) in [6.45, 7) is 2.52. The number of aliphatic hydroxyl groups is 3. The molecule has 2 aliphatic rings. The summed E-state index contributed by atoms with van der Waals surface area (Å²) in [6.07, 6.45) is -2.65. The molecule has 94 valence electrons. The Morgan fingerprint density at radius 2 is 2.12 bits per heavy atom. The maximum atomic E-state index is 9.89. The molecule has 0 spiro atoms. The molecule has 16 heavy (non-hydrogen) atoms. The minimum atomic E-state index is -1.04. The summed E-state index contributed by atoms with van der Waals surface area (Å²) in [4.78, 5) is 0. The van der Waals surface area contributed by atoms with Crippen LogP contribution in [0, 0.1) is 0 Å². The van der Waals surface area contributed by atoms with Crippen LogP contribution in [0.15, 0.2) is 0 Å². The summed E-state index contributed by atoms with van der Waals surface area (Å²) in [6, 6.07) is -0.299. The van der Waals surface area contributed by atoms with Crippen molar-refractivity contribution in [2.24, 2.45) is 0 Å². The Labute approximate surface area is 98.4 Å². The van der Waals surface area contributed by atoms with Crippen molar-refractivity contribution >= 4 is 11.8 Å². The van der Waals surface area contributed by atoms with Crippen LogP contribution in [0.3, 0.4) is 0 Å². The first-order chi connectivity index (χ1) is 7.67. The zero-order valence-corrected chi connectivity index (χ0v) is 9.85. The van der Waals surface area contributed by atoms with Gasteiger partial charge in [-0.15, -0.1) is 0 Å². The molecule has 6 atom stereocenters. The highest BCUT2D eigenvalue weighted by Crippen LogP contribution is 2.34. The van der Waals surface area contributed by atoms with E-state index in [1.165, 1.54) is 11.8 Å². The van der Waals surface area contributed by atoms with Crippen LogP contribution in [0.2, 0.25) is 0 Å². The van der Waals surface area contributed by atoms with E-state index in [1.54, 1.807) is 0 Å². The lowest BCUT2D eigenvalue weighted by molar-refractivity contribution is -0.168. The van der Waals surface area contributed by atoms with E-state index in [2.05, 4.69) is 10.6 Å². The Morgan fingerprint density at radius 3 is 2.75 bits per heavy atom. The van der Waals surface area contributed by atoms with Crippen molar-refractivity contribution in [3.8, 4) is 0 Å². The second-order valence-electron chi connectivity index (χ2n) is 3.97. The first-order valence-electron chi connectivity index (χ1n) is 5.44. The molecule has 2 rings (SSSR count). The first kappa shape index (κ1) is 12.6. The highest BCUT2D eigenvalue weighted by atomic mass is 32.2. The molecular formula is C9H18N2O4S. The number of hydrogen-bond acceptors (Lipinski definition) is 7. The molecule has 2 heterocycles. The summed E-state index contributed by atoms with van der Waals surface area (Å²) in [5.74, 6) is 0. The molecule has 1 unspecified atom stereocenters. The van der Waals surface area contributed by atoms with E-state index in [4.69, 9.17) is 9.84 Å². The van der Waals surface area contributed by atoms with Gasteiger partial charge in [0.05, 0.1) is 12.6 Å². The molecule has 2 fully saturated rings. The largest absolute Gasteiger partial charge is 0.394 e. The van der Waals surface area contributed by atoms with Crippen molar-refractivity contribution in [1.29, 1.82) is 0 Å². The Bertz CT molecular complexity index is 246. The quantitative estimate of drug-likeness (QED) is 0.396. The molecular weight excluding hydrogens is 232 g/mol. The Hall–Kier alpha value is 0.110. The summed E-state index contributed by atoms with van der Waals surface area (Å²) in [7, 11) is 0. The van der Waals surface area contributed by atoms with Crippen LogP contribution in [0.1, 0.15) is 6.92 Å². The smallest absolute Gasteiger partial charge is 0.124 e. The average molecular weight is 250 g/mol. The monoisotopic (exact) mass is 250 g/mol. The number of hydrogen-bond donors (Lipinski definition) is 5. The summed E-state index contributed by atoms with van der Waals surface area (Å²) >= 11 is 1.52. The van der Waals surface area contributed by atoms with Crippen LogP contribution in [0.4, 0.5) is 0 Å². The van der Waals surface area contributed by atoms with Crippen LogP contribution in [0.25, 0.3) is 0 Å². The highest BCUT2D eigenvalue weighted by molar-refractivity contribution is 8.00. The molecule has 0 saturated carbocycles. The van der Waals surface area contributed by atoms with E-state index in [-0.39, 0.29) is 23.6 Å². The Kier molecular flexibility index (Phi) is 4.06. The van der Waals surface area contributed by atoms with Gasteiger partial charge in [0, 0.05) is 0 Å². The molecule has 0 aromatic rings. The van der Waals surface area contributed by atoms with Gasteiger partial charge in [-0.3, -0.25) is 10.6 Å². The second kappa shape index (κ2) is 5.18. The number of rotatable bonds is 3. The zero-order chi connectivity index (χ0) is 11.7. The second-order valence-corrected chi connectivity index (χ2v) is 5.18. The van der Waals surface area contributed by atoms with Crippen molar-refractivity contribution < 1.29 is 20.1 Å². The lowest BCUT2D eigenvalue weighted by Gasteiger charge is -2.38. The van der Waals surface area contributed by atoms with Crippen molar-refractivity contribution in [2.45, 2.75) is 42.2 Å². The summed E-state index contributed by atoms with van der Waals surface area (Å²) < 4.78 is 5.52. The predicted octanol–water partition coefficient (Wildman–Crippen LogP) is -1.98. The topological polar surface area (TPSA) is 94.0 Å². The number of thioether (sulfide) groups is 1. The van der Waals surface area contributed by atoms with Crippen LogP contribution >= 0.6 is 11.8 Å². The van der Waals surface area contributed by atoms with E-state index in [0.717, 1.165) is 6.54 Å². The lowest BCUT2D eigenvalue weighted by atomic mass is 9.98. The van der Waals surface area contributed by atoms with Crippen LogP contribution in [0.5, 0.6) is 0 Å². The van der Waals surface area contributed by atoms with Crippen molar-refractivity contribution in [3.05, 3.63) is 0 Å². The van der Waals surface area contributed by atoms with Gasteiger partial charge in [0.25, 0.3) is 0 Å². The molecule has 0 radical (unpaired) electrons. The van der Waals surface area contributed by atoms with Crippen molar-refractivity contribution in [2.75, 3.05) is 13.2 Å². The number of aliphatic hydroxyl groups excluding tert-OH is 3. The Balaban J connectivity index is 2.01. The van der Waals surface area contributed by atoms with E-state index in [1.807, 2.05) is 6.92 Å². The normalized spacial score (nSPS) is 48.0. The molecule has 0 aromatic carbocycles. The summed E-state index contributed by atoms with van der Waals surface area (Å²) in [5, 5.41) is 35.0. The molecule has 5 N–H and O–H groups in total. The average Bonchev–Trinajstić information content (AvgIpc) is 2.67. The maximum absolute atomic E-state index is 9.89. The third-order valence-corrected chi connectivity index (χ3v) is 4.13. The highest BCUT2D eigenvalue weighted by Gasteiger charge is 2.49. The maximum Gasteiger partial charge on any atom is 0.124 e. The van der Waals surface area contributed by atoms with E-state index in [9.17, 15) is 10.2 Å². The minimum absolute atomic E-state index is 0.0132. The Morgan fingerprint density at radius 1 is 1.38 bits per heavy atom. The standard InChI is InChI=1S/C9H18N2O4S/c1-2-10-9-11-5-7(14)6(13)4(3-12)15-8(5)16-9/h4-14H,2-3H2,1H3/t4-,5-,6-,7-,8-,9?/m1/s1. The predicted molar refractivity (Wildman–Crippen MR) is 59.7 cm³/mol. The van der Waals surface area contributed by atoms with Crippen LogP contribution < -0.4 is 10.6 Å². The number of fused-ring (bicyclic) bond motifs is 1. The van der Waals surface area contributed by atoms with E-state index < -0.39 is 18.3 Å². The molecule has 6 nitrogen and oxygen atoms in total. The molecule has 0 aromatic heterocycles. The van der Waals surface area contributed by atoms with Gasteiger partial charge in [0.15, 0.2) is 0 Å². The van der Waals surface area contributed by atoms with Gasteiger partial charge in [-0.25, -0.2) is 0 Å². The third-order valence-electron chi connectivity index (χ3n) is 2.88. The fourth-order valence-corrected chi connectivity index (χ4v) is 3.40. The van der Waals surface area contributed by atoms with Crippen LogP contribution in [-0.4, -0.2) is 63.8 Å². The fourth-order valence-electron chi connectivity index (χ4n) is 2.02.